The van der Waals surface area contributed by atoms with Crippen molar-refractivity contribution in [1.82, 2.24) is 0 Å². The van der Waals surface area contributed by atoms with E-state index >= 15 is 0 Å². The first kappa shape index (κ1) is 78.8. The van der Waals surface area contributed by atoms with Crippen molar-refractivity contribution in [3.63, 3.8) is 0 Å². The number of rotatable bonds is 66. The molecule has 0 aromatic rings. The lowest BCUT2D eigenvalue weighted by atomic mass is 10.0. The zero-order valence-corrected chi connectivity index (χ0v) is 54.8. The van der Waals surface area contributed by atoms with E-state index in [2.05, 4.69) is 93.7 Å². The van der Waals surface area contributed by atoms with Crippen molar-refractivity contribution < 1.29 is 28.6 Å². The van der Waals surface area contributed by atoms with Crippen molar-refractivity contribution in [2.24, 2.45) is 0 Å². The molecule has 0 aromatic carbocycles. The summed E-state index contributed by atoms with van der Waals surface area (Å²) in [6.07, 6.45) is 92.3. The van der Waals surface area contributed by atoms with Crippen LogP contribution in [0.4, 0.5) is 0 Å². The normalized spacial score (nSPS) is 12.5. The SMILES string of the molecule is CC/C=C\C/C=C\C/C=C\C/C=C\CCCCCCCCC(=O)OC(COC(=O)CCCCCCC/C=C\CCCCCCC)COC(=O)CCCCCCCCCCCCCCCCCCCCC/C=C\CCCCCCCCCC. The molecule has 0 saturated carbocycles. The third-order valence-corrected chi connectivity index (χ3v) is 15.9. The average molecular weight is 1150 g/mol. The number of hydrogen-bond donors (Lipinski definition) is 0. The van der Waals surface area contributed by atoms with E-state index in [1.165, 1.54) is 231 Å². The first-order valence-electron chi connectivity index (χ1n) is 35.9. The Bertz CT molecular complexity index is 1500. The van der Waals surface area contributed by atoms with Crippen LogP contribution in [0.25, 0.3) is 0 Å². The molecule has 0 aliphatic heterocycles. The summed E-state index contributed by atoms with van der Waals surface area (Å²) in [5.41, 5.74) is 0. The molecule has 0 heterocycles. The minimum absolute atomic E-state index is 0.0809. The minimum Gasteiger partial charge on any atom is -0.462 e. The maximum absolute atomic E-state index is 12.9. The van der Waals surface area contributed by atoms with E-state index in [4.69, 9.17) is 14.2 Å². The van der Waals surface area contributed by atoms with Crippen LogP contribution < -0.4 is 0 Å². The second kappa shape index (κ2) is 70.3. The molecule has 0 aromatic heterocycles. The Kier molecular flexibility index (Phi) is 67.6. The highest BCUT2D eigenvalue weighted by Crippen LogP contribution is 2.18. The second-order valence-corrected chi connectivity index (χ2v) is 24.1. The van der Waals surface area contributed by atoms with Crippen molar-refractivity contribution in [1.29, 1.82) is 0 Å². The van der Waals surface area contributed by atoms with Crippen molar-refractivity contribution in [2.75, 3.05) is 13.2 Å². The molecule has 0 amide bonds. The van der Waals surface area contributed by atoms with E-state index in [1.54, 1.807) is 0 Å². The summed E-state index contributed by atoms with van der Waals surface area (Å²) < 4.78 is 17.0. The van der Waals surface area contributed by atoms with Gasteiger partial charge in [0.05, 0.1) is 0 Å². The van der Waals surface area contributed by atoms with E-state index in [0.29, 0.717) is 19.3 Å². The molecule has 0 rings (SSSR count). The largest absolute Gasteiger partial charge is 0.462 e. The van der Waals surface area contributed by atoms with Crippen LogP contribution in [0.3, 0.4) is 0 Å². The molecule has 6 nitrogen and oxygen atoms in total. The number of unbranched alkanes of at least 4 members (excludes halogenated alkanes) is 43. The van der Waals surface area contributed by atoms with Crippen LogP contribution in [0.5, 0.6) is 0 Å². The van der Waals surface area contributed by atoms with Gasteiger partial charge in [0.25, 0.3) is 0 Å². The van der Waals surface area contributed by atoms with Gasteiger partial charge in [0.1, 0.15) is 13.2 Å². The third-order valence-electron chi connectivity index (χ3n) is 15.9. The molecule has 1 unspecified atom stereocenters. The monoisotopic (exact) mass is 1150 g/mol. The van der Waals surface area contributed by atoms with Gasteiger partial charge in [-0.05, 0) is 109 Å². The summed E-state index contributed by atoms with van der Waals surface area (Å²) >= 11 is 0. The lowest BCUT2D eigenvalue weighted by Gasteiger charge is -2.18. The first-order valence-corrected chi connectivity index (χ1v) is 35.9. The molecule has 0 aliphatic carbocycles. The van der Waals surface area contributed by atoms with Gasteiger partial charge in [-0.2, -0.15) is 0 Å². The zero-order chi connectivity index (χ0) is 59.2. The number of carbonyl (C=O) groups is 3. The molecule has 0 spiro atoms. The van der Waals surface area contributed by atoms with E-state index < -0.39 is 6.10 Å². The van der Waals surface area contributed by atoms with E-state index in [1.807, 2.05) is 0 Å². The fourth-order valence-electron chi connectivity index (χ4n) is 10.5. The maximum atomic E-state index is 12.9. The molecule has 476 valence electrons. The van der Waals surface area contributed by atoms with Crippen molar-refractivity contribution in [3.8, 4) is 0 Å². The summed E-state index contributed by atoms with van der Waals surface area (Å²) in [4.78, 5) is 38.4. The fourth-order valence-corrected chi connectivity index (χ4v) is 10.5. The van der Waals surface area contributed by atoms with Crippen molar-refractivity contribution >= 4 is 17.9 Å². The molecule has 0 saturated heterocycles. The molecular formula is C76H136O6. The first-order chi connectivity index (χ1) is 40.5. The van der Waals surface area contributed by atoms with Gasteiger partial charge < -0.3 is 14.2 Å². The molecule has 1 atom stereocenters. The van der Waals surface area contributed by atoms with Gasteiger partial charge >= 0.3 is 17.9 Å². The van der Waals surface area contributed by atoms with Gasteiger partial charge in [0.15, 0.2) is 6.10 Å². The number of esters is 3. The summed E-state index contributed by atoms with van der Waals surface area (Å²) in [5, 5.41) is 0. The molecule has 0 radical (unpaired) electrons. The Morgan fingerprint density at radius 2 is 0.476 bits per heavy atom. The Morgan fingerprint density at radius 1 is 0.256 bits per heavy atom. The topological polar surface area (TPSA) is 78.9 Å². The standard InChI is InChI=1S/C76H136O6/c1-4-7-10-13-16-19-22-25-28-30-32-33-34-35-36-37-38-39-40-41-42-43-45-46-48-51-54-57-60-63-66-69-75(78)81-72-73(71-80-74(77)68-65-62-59-56-53-50-27-24-21-18-15-12-9-6-3)82-76(79)70-67-64-61-58-55-52-49-47-44-31-29-26-23-20-17-14-11-8-5-2/h8,11,17,20,24,26-27,29-30,32,44,47,73H,4-7,9-10,12-16,18-19,21-23,25,28,31,33-43,45-46,48-72H2,1-3H3/b11-8-,20-17-,27-24-,29-26-,32-30-,47-44-. The van der Waals surface area contributed by atoms with Crippen LogP contribution >= 0.6 is 0 Å². The van der Waals surface area contributed by atoms with Gasteiger partial charge in [0.2, 0.25) is 0 Å². The summed E-state index contributed by atoms with van der Waals surface area (Å²) in [6.45, 7) is 6.55. The fraction of sp³-hybridized carbons (Fsp3) is 0.803. The average Bonchev–Trinajstić information content (AvgIpc) is 3.47. The predicted octanol–water partition coefficient (Wildman–Crippen LogP) is 24.8. The van der Waals surface area contributed by atoms with Crippen LogP contribution in [0.2, 0.25) is 0 Å². The van der Waals surface area contributed by atoms with E-state index in [-0.39, 0.29) is 31.1 Å². The molecule has 82 heavy (non-hydrogen) atoms. The number of ether oxygens (including phenoxy) is 3. The van der Waals surface area contributed by atoms with Crippen molar-refractivity contribution in [3.05, 3.63) is 72.9 Å². The Morgan fingerprint density at radius 3 is 0.756 bits per heavy atom. The van der Waals surface area contributed by atoms with Gasteiger partial charge in [0, 0.05) is 19.3 Å². The van der Waals surface area contributed by atoms with E-state index in [9.17, 15) is 14.4 Å². The summed E-state index contributed by atoms with van der Waals surface area (Å²) in [5.74, 6) is -0.884. The second-order valence-electron chi connectivity index (χ2n) is 24.1. The summed E-state index contributed by atoms with van der Waals surface area (Å²) in [7, 11) is 0. The minimum atomic E-state index is -0.787. The molecule has 0 fully saturated rings. The smallest absolute Gasteiger partial charge is 0.306 e. The Balaban J connectivity index is 4.21. The molecular weight excluding hydrogens is 1010 g/mol. The van der Waals surface area contributed by atoms with Gasteiger partial charge in [-0.15, -0.1) is 0 Å². The molecule has 0 aliphatic rings. The van der Waals surface area contributed by atoms with Crippen LogP contribution in [-0.2, 0) is 28.6 Å². The van der Waals surface area contributed by atoms with Crippen LogP contribution in [0, 0.1) is 0 Å². The maximum Gasteiger partial charge on any atom is 0.306 e. The summed E-state index contributed by atoms with van der Waals surface area (Å²) in [6, 6.07) is 0. The van der Waals surface area contributed by atoms with Gasteiger partial charge in [-0.1, -0.05) is 318 Å². The predicted molar refractivity (Wildman–Crippen MR) is 358 cm³/mol. The number of carbonyl (C=O) groups excluding carboxylic acids is 3. The van der Waals surface area contributed by atoms with E-state index in [0.717, 1.165) is 103 Å². The van der Waals surface area contributed by atoms with Crippen molar-refractivity contribution in [2.45, 2.75) is 380 Å². The lowest BCUT2D eigenvalue weighted by Crippen LogP contribution is -2.30. The molecule has 0 bridgehead atoms. The Hall–Kier alpha value is -3.15. The zero-order valence-electron chi connectivity index (χ0n) is 54.8. The molecule has 0 N–H and O–H groups in total. The highest BCUT2D eigenvalue weighted by molar-refractivity contribution is 5.71. The van der Waals surface area contributed by atoms with Crippen LogP contribution in [0.15, 0.2) is 72.9 Å². The van der Waals surface area contributed by atoms with Gasteiger partial charge in [-0.3, -0.25) is 14.4 Å². The van der Waals surface area contributed by atoms with Crippen LogP contribution in [-0.4, -0.2) is 37.2 Å². The number of allylic oxidation sites excluding steroid dienone is 12. The molecule has 6 heteroatoms. The Labute approximate surface area is 510 Å². The highest BCUT2D eigenvalue weighted by atomic mass is 16.6. The van der Waals surface area contributed by atoms with Crippen LogP contribution in [0.1, 0.15) is 374 Å². The lowest BCUT2D eigenvalue weighted by molar-refractivity contribution is -0.167. The third kappa shape index (κ3) is 67.6. The van der Waals surface area contributed by atoms with Gasteiger partial charge in [-0.25, -0.2) is 0 Å². The quantitative estimate of drug-likeness (QED) is 0.0261. The number of hydrogen-bond acceptors (Lipinski definition) is 6. The highest BCUT2D eigenvalue weighted by Gasteiger charge is 2.19.